The lowest BCUT2D eigenvalue weighted by atomic mass is 9.83. The van der Waals surface area contributed by atoms with E-state index < -0.39 is 29.2 Å². The molecule has 3 rings (SSSR count). The summed E-state index contributed by atoms with van der Waals surface area (Å²) in [7, 11) is 1.55. The van der Waals surface area contributed by atoms with E-state index in [-0.39, 0.29) is 0 Å². The molecule has 142 valence electrons. The molecule has 1 fully saturated rings. The first-order valence-corrected chi connectivity index (χ1v) is 8.73. The molecule has 2 N–H and O–H groups in total. The first-order chi connectivity index (χ1) is 12.9. The van der Waals surface area contributed by atoms with Gasteiger partial charge in [0.15, 0.2) is 5.78 Å². The first kappa shape index (κ1) is 18.7. The van der Waals surface area contributed by atoms with Crippen LogP contribution >= 0.6 is 0 Å². The predicted octanol–water partition coefficient (Wildman–Crippen LogP) is 2.79. The number of carbonyl (C=O) groups is 3. The highest BCUT2D eigenvalue weighted by molar-refractivity contribution is 6.16. The summed E-state index contributed by atoms with van der Waals surface area (Å²) in [5.41, 5.74) is 0.254. The predicted molar refractivity (Wildman–Crippen MR) is 96.6 cm³/mol. The summed E-state index contributed by atoms with van der Waals surface area (Å²) < 4.78 is 7.15. The smallest absolute Gasteiger partial charge is 0.325 e. The average molecular weight is 371 g/mol. The minimum atomic E-state index is -2.09. The van der Waals surface area contributed by atoms with Crippen molar-refractivity contribution in [3.63, 3.8) is 0 Å². The number of nitrogens with zero attached hydrogens (tertiary/aromatic N) is 1. The van der Waals surface area contributed by atoms with E-state index in [4.69, 9.17) is 4.74 Å². The van der Waals surface area contributed by atoms with Gasteiger partial charge in [0.2, 0.25) is 5.92 Å². The van der Waals surface area contributed by atoms with Crippen LogP contribution < -0.4 is 4.74 Å². The third-order valence-electron chi connectivity index (χ3n) is 5.24. The second-order valence-corrected chi connectivity index (χ2v) is 6.68. The van der Waals surface area contributed by atoms with E-state index in [0.717, 1.165) is 18.4 Å². The van der Waals surface area contributed by atoms with Gasteiger partial charge in [0.1, 0.15) is 11.3 Å². The number of benzene rings is 1. The van der Waals surface area contributed by atoms with Crippen molar-refractivity contribution in [2.45, 2.75) is 31.2 Å². The van der Waals surface area contributed by atoms with E-state index in [9.17, 15) is 24.6 Å². The summed E-state index contributed by atoms with van der Waals surface area (Å²) in [4.78, 5) is 36.1. The third-order valence-corrected chi connectivity index (χ3v) is 5.24. The molecule has 7 heteroatoms. The lowest BCUT2D eigenvalue weighted by Gasteiger charge is -2.33. The van der Waals surface area contributed by atoms with Crippen molar-refractivity contribution in [1.29, 1.82) is 0 Å². The van der Waals surface area contributed by atoms with Crippen LogP contribution in [-0.2, 0) is 19.9 Å². The van der Waals surface area contributed by atoms with Gasteiger partial charge in [-0.1, -0.05) is 25.0 Å². The zero-order chi connectivity index (χ0) is 19.6. The Morgan fingerprint density at radius 2 is 1.67 bits per heavy atom. The topological polar surface area (TPSA) is 106 Å². The van der Waals surface area contributed by atoms with Gasteiger partial charge >= 0.3 is 11.9 Å². The van der Waals surface area contributed by atoms with Crippen LogP contribution in [0.4, 0.5) is 0 Å². The maximum atomic E-state index is 13.2. The van der Waals surface area contributed by atoms with E-state index >= 15 is 0 Å². The fourth-order valence-corrected chi connectivity index (χ4v) is 3.99. The monoisotopic (exact) mass is 371 g/mol. The van der Waals surface area contributed by atoms with Gasteiger partial charge in [-0.3, -0.25) is 14.4 Å². The zero-order valence-electron chi connectivity index (χ0n) is 14.9. The number of carboxylic acid groups (broad SMARTS) is 2. The molecule has 1 aromatic carbocycles. The number of hydrogen-bond donors (Lipinski definition) is 2. The maximum absolute atomic E-state index is 13.2. The summed E-state index contributed by atoms with van der Waals surface area (Å²) in [6.07, 6.45) is 3.97. The first-order valence-electron chi connectivity index (χ1n) is 8.73. The van der Waals surface area contributed by atoms with Crippen LogP contribution in [0.15, 0.2) is 42.6 Å². The number of para-hydroxylation sites is 1. The molecule has 1 heterocycles. The van der Waals surface area contributed by atoms with Crippen molar-refractivity contribution >= 4 is 17.7 Å². The maximum Gasteiger partial charge on any atom is 0.325 e. The van der Waals surface area contributed by atoms with Crippen LogP contribution in [0, 0.1) is 5.92 Å². The largest absolute Gasteiger partial charge is 0.496 e. The SMILES string of the molecule is COc1ccccc1-c1cccn1C1(C(=O)C(C(=O)O)C(=O)O)CCCC1. The molecule has 1 saturated carbocycles. The molecule has 1 aromatic heterocycles. The van der Waals surface area contributed by atoms with Gasteiger partial charge < -0.3 is 19.5 Å². The molecule has 2 aromatic rings. The number of aliphatic carboxylic acids is 2. The minimum Gasteiger partial charge on any atom is -0.496 e. The zero-order valence-corrected chi connectivity index (χ0v) is 14.9. The highest BCUT2D eigenvalue weighted by Gasteiger charge is 2.51. The van der Waals surface area contributed by atoms with E-state index in [2.05, 4.69) is 0 Å². The molecule has 1 aliphatic rings. The number of aromatic nitrogens is 1. The normalized spacial score (nSPS) is 15.6. The third kappa shape index (κ3) is 3.09. The molecule has 0 aliphatic heterocycles. The van der Waals surface area contributed by atoms with Gasteiger partial charge in [0, 0.05) is 11.8 Å². The number of ketones is 1. The second kappa shape index (κ2) is 7.26. The average Bonchev–Trinajstić information content (AvgIpc) is 3.31. The Bertz CT molecular complexity index is 864. The summed E-state index contributed by atoms with van der Waals surface area (Å²) in [6.45, 7) is 0. The second-order valence-electron chi connectivity index (χ2n) is 6.68. The molecule has 0 spiro atoms. The molecule has 27 heavy (non-hydrogen) atoms. The van der Waals surface area contributed by atoms with Gasteiger partial charge in [0.25, 0.3) is 0 Å². The van der Waals surface area contributed by atoms with Gasteiger partial charge in [-0.25, -0.2) is 0 Å². The van der Waals surface area contributed by atoms with Gasteiger partial charge in [0.05, 0.1) is 12.8 Å². The fourth-order valence-electron chi connectivity index (χ4n) is 3.99. The van der Waals surface area contributed by atoms with Crippen LogP contribution in [0.5, 0.6) is 5.75 Å². The summed E-state index contributed by atoms with van der Waals surface area (Å²) >= 11 is 0. The standard InChI is InChI=1S/C20H21NO6/c1-27-15-9-3-2-7-13(15)14-8-6-12-21(14)20(10-4-5-11-20)17(22)16(18(23)24)19(25)26/h2-3,6-9,12,16H,4-5,10-11H2,1H3,(H,23,24)(H,25,26). The number of ether oxygens (including phenoxy) is 1. The number of carboxylic acids is 2. The number of hydrogen-bond acceptors (Lipinski definition) is 4. The molecule has 7 nitrogen and oxygen atoms in total. The van der Waals surface area contributed by atoms with Crippen molar-refractivity contribution in [3.8, 4) is 17.0 Å². The van der Waals surface area contributed by atoms with Crippen molar-refractivity contribution in [1.82, 2.24) is 4.57 Å². The Labute approximate surface area is 156 Å². The van der Waals surface area contributed by atoms with Crippen LogP contribution in [-0.4, -0.2) is 39.6 Å². The molecule has 1 aliphatic carbocycles. The molecule has 0 atom stereocenters. The summed E-state index contributed by atoms with van der Waals surface area (Å²) in [5, 5.41) is 18.6. The number of carbonyl (C=O) groups excluding carboxylic acids is 1. The lowest BCUT2D eigenvalue weighted by molar-refractivity contribution is -0.160. The van der Waals surface area contributed by atoms with Crippen molar-refractivity contribution in [2.75, 3.05) is 7.11 Å². The lowest BCUT2D eigenvalue weighted by Crippen LogP contribution is -2.48. The van der Waals surface area contributed by atoms with Crippen LogP contribution in [0.25, 0.3) is 11.3 Å². The van der Waals surface area contributed by atoms with E-state index in [1.807, 2.05) is 24.3 Å². The van der Waals surface area contributed by atoms with Crippen molar-refractivity contribution < 1.29 is 29.3 Å². The minimum absolute atomic E-state index is 0.403. The van der Waals surface area contributed by atoms with E-state index in [1.165, 1.54) is 0 Å². The number of Topliss-reactive ketones (excluding diaryl/α,β-unsaturated/α-hetero) is 1. The van der Waals surface area contributed by atoms with Gasteiger partial charge in [-0.15, -0.1) is 0 Å². The van der Waals surface area contributed by atoms with Crippen LogP contribution in [0.3, 0.4) is 0 Å². The molecule has 0 bridgehead atoms. The Morgan fingerprint density at radius 3 is 2.26 bits per heavy atom. The summed E-state index contributed by atoms with van der Waals surface area (Å²) in [5.74, 6) is -5.52. The van der Waals surface area contributed by atoms with Crippen molar-refractivity contribution in [2.24, 2.45) is 5.92 Å². The Kier molecular flexibility index (Phi) is 5.03. The molecular weight excluding hydrogens is 350 g/mol. The molecule has 0 radical (unpaired) electrons. The molecule has 0 amide bonds. The molecule has 0 unspecified atom stereocenters. The van der Waals surface area contributed by atoms with Crippen molar-refractivity contribution in [3.05, 3.63) is 42.6 Å². The quantitative estimate of drug-likeness (QED) is 0.725. The Morgan fingerprint density at radius 1 is 1.04 bits per heavy atom. The molecule has 0 saturated heterocycles. The number of methoxy groups -OCH3 is 1. The molecular formula is C20H21NO6. The van der Waals surface area contributed by atoms with Gasteiger partial charge in [-0.05, 0) is 37.1 Å². The van der Waals surface area contributed by atoms with E-state index in [1.54, 1.807) is 30.0 Å². The fraction of sp³-hybridized carbons (Fsp3) is 0.350. The highest BCUT2D eigenvalue weighted by Crippen LogP contribution is 2.43. The number of rotatable bonds is 7. The Hall–Kier alpha value is -3.09. The Balaban J connectivity index is 2.15. The van der Waals surface area contributed by atoms with E-state index in [0.29, 0.717) is 24.3 Å². The van der Waals surface area contributed by atoms with Crippen LogP contribution in [0.1, 0.15) is 25.7 Å². The van der Waals surface area contributed by atoms with Crippen LogP contribution in [0.2, 0.25) is 0 Å². The summed E-state index contributed by atoms with van der Waals surface area (Å²) in [6, 6.07) is 10.9. The van der Waals surface area contributed by atoms with Gasteiger partial charge in [-0.2, -0.15) is 0 Å². The highest BCUT2D eigenvalue weighted by atomic mass is 16.5.